The quantitative estimate of drug-likeness (QED) is 0.560. The number of hydrogen-bond acceptors (Lipinski definition) is 5. The summed E-state index contributed by atoms with van der Waals surface area (Å²) in [5, 5.41) is 23.1. The van der Waals surface area contributed by atoms with Gasteiger partial charge >= 0.3 is 0 Å². The Morgan fingerprint density at radius 3 is 2.58 bits per heavy atom. The van der Waals surface area contributed by atoms with E-state index in [4.69, 9.17) is 10.5 Å². The molecule has 126 valence electrons. The Morgan fingerprint density at radius 2 is 1.81 bits per heavy atom. The van der Waals surface area contributed by atoms with Crippen LogP contribution < -0.4 is 10.5 Å². The lowest BCUT2D eigenvalue weighted by Crippen LogP contribution is -2.21. The van der Waals surface area contributed by atoms with Gasteiger partial charge in [-0.25, -0.2) is 0 Å². The molecule has 1 aliphatic rings. The molecule has 2 N–H and O–H groups in total. The smallest absolute Gasteiger partial charge is 0.273 e. The average Bonchev–Trinajstić information content (AvgIpc) is 2.66. The fourth-order valence-electron chi connectivity index (χ4n) is 3.45. The summed E-state index contributed by atoms with van der Waals surface area (Å²) in [6.45, 7) is 0. The molecule has 0 bridgehead atoms. The predicted molar refractivity (Wildman–Crippen MR) is 96.3 cm³/mol. The zero-order valence-corrected chi connectivity index (χ0v) is 13.5. The number of nitrogens with zero attached hydrogens (tertiary/aromatic N) is 2. The summed E-state index contributed by atoms with van der Waals surface area (Å²) in [6.07, 6.45) is 0. The molecule has 0 spiro atoms. The molecule has 0 amide bonds. The van der Waals surface area contributed by atoms with E-state index < -0.39 is 10.8 Å². The van der Waals surface area contributed by atoms with Crippen molar-refractivity contribution in [2.24, 2.45) is 5.73 Å². The van der Waals surface area contributed by atoms with E-state index >= 15 is 0 Å². The zero-order valence-electron chi connectivity index (χ0n) is 13.5. The number of allylic oxidation sites excluding steroid dienone is 1. The summed E-state index contributed by atoms with van der Waals surface area (Å²) in [7, 11) is 0. The van der Waals surface area contributed by atoms with Crippen LogP contribution in [0.4, 0.5) is 5.69 Å². The molecule has 0 saturated carbocycles. The minimum Gasteiger partial charge on any atom is -0.440 e. The summed E-state index contributed by atoms with van der Waals surface area (Å²) in [5.74, 6) is -0.196. The van der Waals surface area contributed by atoms with Crippen molar-refractivity contribution in [2.75, 3.05) is 0 Å². The normalized spacial score (nSPS) is 15.9. The number of nitriles is 1. The molecule has 1 heterocycles. The topological polar surface area (TPSA) is 102 Å². The van der Waals surface area contributed by atoms with Gasteiger partial charge in [-0.05, 0) is 16.8 Å². The molecule has 0 radical (unpaired) electrons. The maximum atomic E-state index is 11.6. The molecule has 1 atom stereocenters. The highest BCUT2D eigenvalue weighted by Crippen LogP contribution is 2.47. The Morgan fingerprint density at radius 1 is 1.08 bits per heavy atom. The van der Waals surface area contributed by atoms with Crippen molar-refractivity contribution in [3.8, 4) is 11.8 Å². The molecular weight excluding hydrogens is 330 g/mol. The zero-order chi connectivity index (χ0) is 18.3. The number of nitrogens with two attached hydrogens (primary N) is 1. The van der Waals surface area contributed by atoms with Crippen molar-refractivity contribution in [3.63, 3.8) is 0 Å². The summed E-state index contributed by atoms with van der Waals surface area (Å²) >= 11 is 0. The molecule has 6 heteroatoms. The molecule has 0 aliphatic carbocycles. The van der Waals surface area contributed by atoms with E-state index in [-0.39, 0.29) is 17.1 Å². The van der Waals surface area contributed by atoms with E-state index in [2.05, 4.69) is 6.07 Å². The van der Waals surface area contributed by atoms with Gasteiger partial charge in [-0.1, -0.05) is 48.5 Å². The highest BCUT2D eigenvalue weighted by atomic mass is 16.6. The van der Waals surface area contributed by atoms with E-state index in [1.165, 1.54) is 6.07 Å². The van der Waals surface area contributed by atoms with Crippen LogP contribution in [0.15, 0.2) is 72.1 Å². The third kappa shape index (κ3) is 2.26. The third-order valence-electron chi connectivity index (χ3n) is 4.56. The number of nitro benzene ring substituents is 1. The fourth-order valence-corrected chi connectivity index (χ4v) is 3.45. The second kappa shape index (κ2) is 5.90. The number of ether oxygens (including phenoxy) is 1. The highest BCUT2D eigenvalue weighted by molar-refractivity contribution is 5.90. The van der Waals surface area contributed by atoms with Crippen LogP contribution in [0, 0.1) is 21.4 Å². The molecule has 0 fully saturated rings. The van der Waals surface area contributed by atoms with E-state index in [1.54, 1.807) is 24.3 Å². The van der Waals surface area contributed by atoms with E-state index in [9.17, 15) is 15.4 Å². The standard InChI is InChI=1S/C20H13N3O3/c21-11-15-18(14-7-3-4-8-16(14)23(24)25)19-13-6-2-1-5-12(13)9-10-17(19)26-20(15)22/h1-10,18H,22H2/t18-/m0/s1. The van der Waals surface area contributed by atoms with Crippen molar-refractivity contribution in [3.05, 3.63) is 93.4 Å². The van der Waals surface area contributed by atoms with E-state index in [1.807, 2.05) is 30.3 Å². The van der Waals surface area contributed by atoms with Crippen molar-refractivity contribution in [1.29, 1.82) is 5.26 Å². The Balaban J connectivity index is 2.10. The number of hydrogen-bond donors (Lipinski definition) is 1. The Kier molecular flexibility index (Phi) is 3.55. The van der Waals surface area contributed by atoms with Crippen LogP contribution >= 0.6 is 0 Å². The lowest BCUT2D eigenvalue weighted by molar-refractivity contribution is -0.385. The fraction of sp³-hybridized carbons (Fsp3) is 0.0500. The van der Waals surface area contributed by atoms with Crippen molar-refractivity contribution < 1.29 is 9.66 Å². The second-order valence-electron chi connectivity index (χ2n) is 5.94. The number of fused-ring (bicyclic) bond motifs is 3. The van der Waals surface area contributed by atoms with Gasteiger partial charge in [0.15, 0.2) is 0 Å². The molecule has 26 heavy (non-hydrogen) atoms. The van der Waals surface area contributed by atoms with Crippen molar-refractivity contribution in [1.82, 2.24) is 0 Å². The molecule has 6 nitrogen and oxygen atoms in total. The lowest BCUT2D eigenvalue weighted by atomic mass is 9.80. The van der Waals surface area contributed by atoms with E-state index in [0.717, 1.165) is 10.8 Å². The van der Waals surface area contributed by atoms with Gasteiger partial charge < -0.3 is 10.5 Å². The molecule has 0 unspecified atom stereocenters. The molecule has 0 saturated heterocycles. The summed E-state index contributed by atoms with van der Waals surface area (Å²) in [6, 6.07) is 19.8. The van der Waals surface area contributed by atoms with Gasteiger partial charge in [0.05, 0.1) is 10.8 Å². The first-order valence-electron chi connectivity index (χ1n) is 7.94. The summed E-state index contributed by atoms with van der Waals surface area (Å²) < 4.78 is 5.66. The van der Waals surface area contributed by atoms with Gasteiger partial charge in [-0.3, -0.25) is 10.1 Å². The van der Waals surface area contributed by atoms with Crippen LogP contribution in [0.25, 0.3) is 10.8 Å². The number of para-hydroxylation sites is 1. The Bertz CT molecular complexity index is 1130. The van der Waals surface area contributed by atoms with Crippen LogP contribution in [-0.2, 0) is 0 Å². The average molecular weight is 343 g/mol. The van der Waals surface area contributed by atoms with Crippen LogP contribution in [-0.4, -0.2) is 4.92 Å². The van der Waals surface area contributed by atoms with Gasteiger partial charge in [0.2, 0.25) is 5.88 Å². The van der Waals surface area contributed by atoms with E-state index in [0.29, 0.717) is 16.9 Å². The van der Waals surface area contributed by atoms with Crippen LogP contribution in [0.1, 0.15) is 17.0 Å². The van der Waals surface area contributed by atoms with Gasteiger partial charge in [0.1, 0.15) is 17.4 Å². The van der Waals surface area contributed by atoms with Gasteiger partial charge in [0.25, 0.3) is 5.69 Å². The number of rotatable bonds is 2. The van der Waals surface area contributed by atoms with Gasteiger partial charge in [-0.2, -0.15) is 5.26 Å². The van der Waals surface area contributed by atoms with Gasteiger partial charge in [0, 0.05) is 17.2 Å². The van der Waals surface area contributed by atoms with Crippen LogP contribution in [0.2, 0.25) is 0 Å². The molecular formula is C20H13N3O3. The van der Waals surface area contributed by atoms with Crippen molar-refractivity contribution >= 4 is 16.5 Å². The lowest BCUT2D eigenvalue weighted by Gasteiger charge is -2.27. The first kappa shape index (κ1) is 15.7. The maximum absolute atomic E-state index is 11.6. The minimum absolute atomic E-state index is 0.0292. The predicted octanol–water partition coefficient (Wildman–Crippen LogP) is 3.97. The summed E-state index contributed by atoms with van der Waals surface area (Å²) in [5.41, 5.74) is 7.21. The number of benzene rings is 3. The molecule has 0 aromatic heterocycles. The third-order valence-corrected chi connectivity index (χ3v) is 4.56. The Labute approximate surface area is 148 Å². The first-order chi connectivity index (χ1) is 12.6. The maximum Gasteiger partial charge on any atom is 0.273 e. The SMILES string of the molecule is N#CC1=C(N)Oc2ccc3ccccc3c2[C@H]1c1ccccc1[N+](=O)[O-]. The minimum atomic E-state index is -0.670. The van der Waals surface area contributed by atoms with Crippen LogP contribution in [0.5, 0.6) is 5.75 Å². The van der Waals surface area contributed by atoms with Crippen molar-refractivity contribution in [2.45, 2.75) is 5.92 Å². The highest BCUT2D eigenvalue weighted by Gasteiger charge is 2.35. The molecule has 1 aliphatic heterocycles. The number of nitro groups is 1. The second-order valence-corrected chi connectivity index (χ2v) is 5.94. The molecule has 3 aromatic carbocycles. The van der Waals surface area contributed by atoms with Gasteiger partial charge in [-0.15, -0.1) is 0 Å². The largest absolute Gasteiger partial charge is 0.440 e. The Hall–Kier alpha value is -3.85. The monoisotopic (exact) mass is 343 g/mol. The first-order valence-corrected chi connectivity index (χ1v) is 7.94. The molecule has 4 rings (SSSR count). The van der Waals surface area contributed by atoms with Crippen LogP contribution in [0.3, 0.4) is 0 Å². The molecule has 3 aromatic rings. The summed E-state index contributed by atoms with van der Waals surface area (Å²) in [4.78, 5) is 11.1.